The number of nitrogens with one attached hydrogen (secondary N) is 1. The van der Waals surface area contributed by atoms with Crippen molar-refractivity contribution in [3.05, 3.63) is 24.3 Å². The van der Waals surface area contributed by atoms with Crippen LogP contribution < -0.4 is 16.0 Å². The van der Waals surface area contributed by atoms with Crippen LogP contribution in [0.5, 0.6) is 0 Å². The number of fused-ring (bicyclic) bond motifs is 1. The molecule has 7 nitrogen and oxygen atoms in total. The molecule has 0 saturated carbocycles. The lowest BCUT2D eigenvalue weighted by molar-refractivity contribution is -0.136. The molecule has 0 aromatic heterocycles. The molecule has 1 saturated heterocycles. The normalized spacial score (nSPS) is 21.8. The number of benzene rings is 1. The van der Waals surface area contributed by atoms with Crippen molar-refractivity contribution in [2.24, 2.45) is 11.1 Å². The molecule has 26 heavy (non-hydrogen) atoms. The minimum atomic E-state index is -0.227. The van der Waals surface area contributed by atoms with Crippen LogP contribution in [0.4, 0.5) is 11.4 Å². The van der Waals surface area contributed by atoms with Crippen molar-refractivity contribution in [2.75, 3.05) is 29.9 Å². The second kappa shape index (κ2) is 7.07. The second-order valence-corrected chi connectivity index (χ2v) is 7.74. The molecule has 1 atom stereocenters. The van der Waals surface area contributed by atoms with Crippen LogP contribution in [0, 0.1) is 5.41 Å². The predicted octanol–water partition coefficient (Wildman–Crippen LogP) is 1.34. The summed E-state index contributed by atoms with van der Waals surface area (Å²) in [6.45, 7) is 5.34. The van der Waals surface area contributed by atoms with Crippen molar-refractivity contribution in [2.45, 2.75) is 39.2 Å². The van der Waals surface area contributed by atoms with E-state index < -0.39 is 0 Å². The summed E-state index contributed by atoms with van der Waals surface area (Å²) in [6, 6.07) is 7.26. The zero-order valence-electron chi connectivity index (χ0n) is 15.3. The maximum Gasteiger partial charge on any atom is 0.244 e. The number of rotatable bonds is 3. The standard InChI is InChI=1S/C19H26N4O3/c1-19(2)12-22(10-9-15(19)20)17(25)7-8-18(26)23-11-16(24)21-13-5-3-4-6-14(13)23/h3-6,15H,7-12,20H2,1-2H3,(H,21,24). The maximum absolute atomic E-state index is 12.6. The molecule has 2 aliphatic heterocycles. The monoisotopic (exact) mass is 358 g/mol. The second-order valence-electron chi connectivity index (χ2n) is 7.74. The first-order valence-corrected chi connectivity index (χ1v) is 9.00. The van der Waals surface area contributed by atoms with Crippen LogP contribution >= 0.6 is 0 Å². The average Bonchev–Trinajstić information content (AvgIpc) is 2.60. The van der Waals surface area contributed by atoms with E-state index in [0.29, 0.717) is 24.5 Å². The maximum atomic E-state index is 12.6. The van der Waals surface area contributed by atoms with Gasteiger partial charge in [0.2, 0.25) is 17.7 Å². The fraction of sp³-hybridized carbons (Fsp3) is 0.526. The Kier molecular flexibility index (Phi) is 5.00. The average molecular weight is 358 g/mol. The third-order valence-electron chi connectivity index (χ3n) is 5.29. The largest absolute Gasteiger partial charge is 0.342 e. The van der Waals surface area contributed by atoms with Gasteiger partial charge < -0.3 is 20.9 Å². The number of nitrogens with zero attached hydrogens (tertiary/aromatic N) is 2. The van der Waals surface area contributed by atoms with E-state index in [4.69, 9.17) is 5.73 Å². The zero-order valence-corrected chi connectivity index (χ0v) is 15.3. The number of piperidine rings is 1. The molecule has 7 heteroatoms. The highest BCUT2D eigenvalue weighted by Crippen LogP contribution is 2.30. The minimum Gasteiger partial charge on any atom is -0.342 e. The van der Waals surface area contributed by atoms with Crippen LogP contribution in [-0.2, 0) is 14.4 Å². The number of anilines is 2. The molecule has 3 rings (SSSR count). The molecule has 3 amide bonds. The van der Waals surface area contributed by atoms with Gasteiger partial charge in [0.05, 0.1) is 11.4 Å². The van der Waals surface area contributed by atoms with Crippen molar-refractivity contribution in [1.82, 2.24) is 4.90 Å². The number of amides is 3. The van der Waals surface area contributed by atoms with Gasteiger partial charge in [-0.1, -0.05) is 26.0 Å². The van der Waals surface area contributed by atoms with Gasteiger partial charge in [0, 0.05) is 32.0 Å². The Hall–Kier alpha value is -2.41. The van der Waals surface area contributed by atoms with E-state index in [1.807, 2.05) is 6.07 Å². The molecule has 2 heterocycles. The van der Waals surface area contributed by atoms with Crippen molar-refractivity contribution >= 4 is 29.1 Å². The zero-order chi connectivity index (χ0) is 18.9. The van der Waals surface area contributed by atoms with Gasteiger partial charge in [-0.2, -0.15) is 0 Å². The van der Waals surface area contributed by atoms with Gasteiger partial charge in [-0.25, -0.2) is 0 Å². The van der Waals surface area contributed by atoms with E-state index in [0.717, 1.165) is 6.42 Å². The van der Waals surface area contributed by atoms with Crippen molar-refractivity contribution < 1.29 is 14.4 Å². The number of hydrogen-bond donors (Lipinski definition) is 2. The topological polar surface area (TPSA) is 95.7 Å². The van der Waals surface area contributed by atoms with Crippen LogP contribution in [0.2, 0.25) is 0 Å². The molecule has 2 aliphatic rings. The quantitative estimate of drug-likeness (QED) is 0.852. The van der Waals surface area contributed by atoms with E-state index >= 15 is 0 Å². The summed E-state index contributed by atoms with van der Waals surface area (Å²) in [5.41, 5.74) is 7.29. The summed E-state index contributed by atoms with van der Waals surface area (Å²) in [6.07, 6.45) is 1.00. The molecule has 140 valence electrons. The Bertz CT molecular complexity index is 731. The lowest BCUT2D eigenvalue weighted by Gasteiger charge is -2.42. The minimum absolute atomic E-state index is 0.0182. The van der Waals surface area contributed by atoms with Crippen LogP contribution in [0.3, 0.4) is 0 Å². The molecule has 1 unspecified atom stereocenters. The van der Waals surface area contributed by atoms with Gasteiger partial charge in [-0.05, 0) is 24.0 Å². The van der Waals surface area contributed by atoms with E-state index in [1.54, 1.807) is 23.1 Å². The molecular weight excluding hydrogens is 332 g/mol. The summed E-state index contributed by atoms with van der Waals surface area (Å²) in [5, 5.41) is 2.75. The lowest BCUT2D eigenvalue weighted by Crippen LogP contribution is -2.54. The molecule has 0 aliphatic carbocycles. The van der Waals surface area contributed by atoms with Crippen LogP contribution in [-0.4, -0.2) is 48.3 Å². The summed E-state index contributed by atoms with van der Waals surface area (Å²) in [7, 11) is 0. The van der Waals surface area contributed by atoms with Crippen LogP contribution in [0.15, 0.2) is 24.3 Å². The molecule has 3 N–H and O–H groups in total. The van der Waals surface area contributed by atoms with E-state index in [2.05, 4.69) is 19.2 Å². The number of nitrogens with two attached hydrogens (primary N) is 1. The SMILES string of the molecule is CC1(C)CN(C(=O)CCC(=O)N2CC(=O)Nc3ccccc32)CCC1N. The number of likely N-dealkylation sites (tertiary alicyclic amines) is 1. The summed E-state index contributed by atoms with van der Waals surface area (Å²) >= 11 is 0. The Morgan fingerprint density at radius 3 is 2.65 bits per heavy atom. The summed E-state index contributed by atoms with van der Waals surface area (Å²) in [4.78, 5) is 40.2. The first kappa shape index (κ1) is 18.4. The predicted molar refractivity (Wildman–Crippen MR) is 99.6 cm³/mol. The molecule has 0 spiro atoms. The van der Waals surface area contributed by atoms with Crippen molar-refractivity contribution in [3.63, 3.8) is 0 Å². The number of carbonyl (C=O) groups is 3. The summed E-state index contributed by atoms with van der Waals surface area (Å²) < 4.78 is 0. The fourth-order valence-corrected chi connectivity index (χ4v) is 3.55. The lowest BCUT2D eigenvalue weighted by atomic mass is 9.79. The fourth-order valence-electron chi connectivity index (χ4n) is 3.55. The number of hydrogen-bond acceptors (Lipinski definition) is 4. The Morgan fingerprint density at radius 1 is 1.23 bits per heavy atom. The number of carbonyl (C=O) groups excluding carboxylic acids is 3. The molecule has 1 aromatic rings. The van der Waals surface area contributed by atoms with Gasteiger partial charge in [0.15, 0.2) is 0 Å². The summed E-state index contributed by atoms with van der Waals surface area (Å²) in [5.74, 6) is -0.475. The number of para-hydroxylation sites is 2. The Labute approximate surface area is 153 Å². The highest BCUT2D eigenvalue weighted by atomic mass is 16.2. The molecule has 0 bridgehead atoms. The molecule has 0 radical (unpaired) electrons. The highest BCUT2D eigenvalue weighted by molar-refractivity contribution is 6.10. The van der Waals surface area contributed by atoms with Crippen LogP contribution in [0.25, 0.3) is 0 Å². The Morgan fingerprint density at radius 2 is 1.92 bits per heavy atom. The Balaban J connectivity index is 1.61. The third-order valence-corrected chi connectivity index (χ3v) is 5.29. The third kappa shape index (κ3) is 3.72. The van der Waals surface area contributed by atoms with Gasteiger partial charge in [-0.15, -0.1) is 0 Å². The smallest absolute Gasteiger partial charge is 0.244 e. The molecule has 1 fully saturated rings. The first-order chi connectivity index (χ1) is 12.3. The van der Waals surface area contributed by atoms with E-state index in [1.165, 1.54) is 4.90 Å². The van der Waals surface area contributed by atoms with Crippen LogP contribution in [0.1, 0.15) is 33.1 Å². The van der Waals surface area contributed by atoms with Gasteiger partial charge in [0.1, 0.15) is 6.54 Å². The van der Waals surface area contributed by atoms with E-state index in [9.17, 15) is 14.4 Å². The van der Waals surface area contributed by atoms with Crippen molar-refractivity contribution in [1.29, 1.82) is 0 Å². The van der Waals surface area contributed by atoms with Gasteiger partial charge in [0.25, 0.3) is 0 Å². The van der Waals surface area contributed by atoms with Crippen molar-refractivity contribution in [3.8, 4) is 0 Å². The highest BCUT2D eigenvalue weighted by Gasteiger charge is 2.35. The molecule has 1 aromatic carbocycles. The first-order valence-electron chi connectivity index (χ1n) is 9.00. The van der Waals surface area contributed by atoms with Gasteiger partial charge in [-0.3, -0.25) is 14.4 Å². The van der Waals surface area contributed by atoms with Gasteiger partial charge >= 0.3 is 0 Å². The molecular formula is C19H26N4O3. The van der Waals surface area contributed by atoms with E-state index in [-0.39, 0.29) is 48.6 Å².